The normalized spacial score (nSPS) is 15.8. The molecule has 168 valence electrons. The van der Waals surface area contributed by atoms with Crippen LogP contribution >= 0.6 is 0 Å². The van der Waals surface area contributed by atoms with E-state index in [1.807, 2.05) is 6.07 Å². The smallest absolute Gasteiger partial charge is 0.407 e. The lowest BCUT2D eigenvalue weighted by Gasteiger charge is -2.17. The SMILES string of the molecule is CS(=O)(=O)c1ccc(CNC(=O)c2cc(N)c(C#N)c(NC3CCN(C(=O)O)C3)n2)cc1. The van der Waals surface area contributed by atoms with Crippen LogP contribution in [-0.4, -0.2) is 60.8 Å². The van der Waals surface area contributed by atoms with Crippen molar-refractivity contribution >= 4 is 33.3 Å². The van der Waals surface area contributed by atoms with E-state index in [1.54, 1.807) is 12.1 Å². The minimum Gasteiger partial charge on any atom is -0.465 e. The number of aromatic nitrogens is 1. The zero-order chi connectivity index (χ0) is 23.5. The molecule has 11 nitrogen and oxygen atoms in total. The molecule has 0 bridgehead atoms. The Balaban J connectivity index is 1.72. The lowest BCUT2D eigenvalue weighted by Crippen LogP contribution is -2.31. The van der Waals surface area contributed by atoms with Crippen molar-refractivity contribution < 1.29 is 23.1 Å². The van der Waals surface area contributed by atoms with E-state index in [0.717, 1.165) is 6.26 Å². The number of hydrogen-bond donors (Lipinski definition) is 4. The highest BCUT2D eigenvalue weighted by Crippen LogP contribution is 2.23. The van der Waals surface area contributed by atoms with E-state index in [4.69, 9.17) is 10.8 Å². The summed E-state index contributed by atoms with van der Waals surface area (Å²) in [7, 11) is -3.31. The quantitative estimate of drug-likeness (QED) is 0.492. The van der Waals surface area contributed by atoms with Gasteiger partial charge in [0, 0.05) is 31.9 Å². The molecule has 1 aromatic heterocycles. The van der Waals surface area contributed by atoms with Gasteiger partial charge in [-0.25, -0.2) is 18.2 Å². The summed E-state index contributed by atoms with van der Waals surface area (Å²) >= 11 is 0. The van der Waals surface area contributed by atoms with Crippen LogP contribution in [0.2, 0.25) is 0 Å². The maximum atomic E-state index is 12.6. The molecule has 1 fully saturated rings. The number of likely N-dealkylation sites (tertiary alicyclic amines) is 1. The van der Waals surface area contributed by atoms with Crippen molar-refractivity contribution in [2.24, 2.45) is 0 Å². The summed E-state index contributed by atoms with van der Waals surface area (Å²) in [5.74, 6) is -0.414. The van der Waals surface area contributed by atoms with Gasteiger partial charge in [-0.1, -0.05) is 12.1 Å². The van der Waals surface area contributed by atoms with Gasteiger partial charge < -0.3 is 26.4 Å². The fourth-order valence-electron chi connectivity index (χ4n) is 3.28. The Kier molecular flexibility index (Phi) is 6.50. The molecule has 5 N–H and O–H groups in total. The van der Waals surface area contributed by atoms with E-state index in [9.17, 15) is 23.3 Å². The minimum absolute atomic E-state index is 0.00940. The van der Waals surface area contributed by atoms with E-state index in [1.165, 1.54) is 23.1 Å². The molecule has 1 saturated heterocycles. The van der Waals surface area contributed by atoms with Gasteiger partial charge in [-0.15, -0.1) is 0 Å². The first-order valence-corrected chi connectivity index (χ1v) is 11.5. The molecule has 1 aliphatic rings. The summed E-state index contributed by atoms with van der Waals surface area (Å²) in [4.78, 5) is 29.4. The number of amides is 2. The number of sulfone groups is 1. The number of carbonyl (C=O) groups is 2. The Hall–Kier alpha value is -3.85. The highest BCUT2D eigenvalue weighted by Gasteiger charge is 2.27. The number of anilines is 2. The monoisotopic (exact) mass is 458 g/mol. The van der Waals surface area contributed by atoms with Crippen molar-refractivity contribution in [3.63, 3.8) is 0 Å². The number of nitrogens with one attached hydrogen (secondary N) is 2. The van der Waals surface area contributed by atoms with Gasteiger partial charge in [0.05, 0.1) is 10.6 Å². The Labute approximate surface area is 184 Å². The van der Waals surface area contributed by atoms with Crippen LogP contribution in [0.5, 0.6) is 0 Å². The van der Waals surface area contributed by atoms with Gasteiger partial charge in [0.1, 0.15) is 23.1 Å². The van der Waals surface area contributed by atoms with E-state index >= 15 is 0 Å². The van der Waals surface area contributed by atoms with Crippen molar-refractivity contribution in [1.29, 1.82) is 5.26 Å². The predicted octanol–water partition coefficient (Wildman–Crippen LogP) is 1.03. The molecule has 32 heavy (non-hydrogen) atoms. The molecule has 0 spiro atoms. The van der Waals surface area contributed by atoms with Crippen molar-refractivity contribution in [1.82, 2.24) is 15.2 Å². The Morgan fingerprint density at radius 1 is 1.34 bits per heavy atom. The molecular formula is C20H22N6O5S. The van der Waals surface area contributed by atoms with E-state index in [2.05, 4.69) is 15.6 Å². The average Bonchev–Trinajstić information content (AvgIpc) is 3.20. The van der Waals surface area contributed by atoms with Crippen LogP contribution in [0.3, 0.4) is 0 Å². The van der Waals surface area contributed by atoms with Gasteiger partial charge in [0.25, 0.3) is 5.91 Å². The van der Waals surface area contributed by atoms with Crippen LogP contribution in [0.15, 0.2) is 35.2 Å². The second-order valence-corrected chi connectivity index (χ2v) is 9.41. The largest absolute Gasteiger partial charge is 0.465 e. The van der Waals surface area contributed by atoms with Gasteiger partial charge in [-0.2, -0.15) is 5.26 Å². The Morgan fingerprint density at radius 3 is 2.59 bits per heavy atom. The standard InChI is InChI=1S/C20H22N6O5S/c1-32(30,31)14-4-2-12(3-5-14)10-23-19(27)17-8-16(22)15(9-21)18(25-17)24-13-6-7-26(11-13)20(28)29/h2-5,8,13H,6-7,10-11H2,1H3,(H,23,27)(H,28,29)(H3,22,24,25). The number of carboxylic acid groups (broad SMARTS) is 1. The van der Waals surface area contributed by atoms with Gasteiger partial charge in [-0.05, 0) is 30.2 Å². The molecule has 1 atom stereocenters. The van der Waals surface area contributed by atoms with Crippen molar-refractivity contribution in [2.75, 3.05) is 30.4 Å². The van der Waals surface area contributed by atoms with Crippen LogP contribution in [-0.2, 0) is 16.4 Å². The third-order valence-corrected chi connectivity index (χ3v) is 6.13. The first-order chi connectivity index (χ1) is 15.1. The number of rotatable bonds is 6. The number of nitrogens with zero attached hydrogens (tertiary/aromatic N) is 3. The topological polar surface area (TPSA) is 179 Å². The fourth-order valence-corrected chi connectivity index (χ4v) is 3.91. The molecule has 2 aromatic rings. The second kappa shape index (κ2) is 9.11. The van der Waals surface area contributed by atoms with Crippen LogP contribution in [0.4, 0.5) is 16.3 Å². The fraction of sp³-hybridized carbons (Fsp3) is 0.300. The molecule has 0 aliphatic carbocycles. The van der Waals surface area contributed by atoms with E-state index < -0.39 is 21.8 Å². The summed E-state index contributed by atoms with van der Waals surface area (Å²) < 4.78 is 23.1. The molecule has 12 heteroatoms. The van der Waals surface area contributed by atoms with Gasteiger partial charge in [0.2, 0.25) is 0 Å². The summed E-state index contributed by atoms with van der Waals surface area (Å²) in [6.07, 6.45) is 0.611. The molecule has 2 heterocycles. The third kappa shape index (κ3) is 5.25. The molecule has 1 unspecified atom stereocenters. The maximum absolute atomic E-state index is 12.6. The minimum atomic E-state index is -3.31. The molecule has 2 amide bonds. The summed E-state index contributed by atoms with van der Waals surface area (Å²) in [6, 6.07) is 9.09. The molecular weight excluding hydrogens is 436 g/mol. The highest BCUT2D eigenvalue weighted by molar-refractivity contribution is 7.90. The van der Waals surface area contributed by atoms with Crippen LogP contribution in [0.1, 0.15) is 28.0 Å². The Bertz CT molecular complexity index is 1190. The lowest BCUT2D eigenvalue weighted by molar-refractivity contribution is 0.0946. The highest BCUT2D eigenvalue weighted by atomic mass is 32.2. The number of pyridine rings is 1. The third-order valence-electron chi connectivity index (χ3n) is 5.00. The average molecular weight is 459 g/mol. The number of nitrogens with two attached hydrogens (primary N) is 1. The molecule has 0 saturated carbocycles. The predicted molar refractivity (Wildman–Crippen MR) is 116 cm³/mol. The van der Waals surface area contributed by atoms with E-state index in [-0.39, 0.29) is 46.8 Å². The molecule has 1 aliphatic heterocycles. The number of nitrogen functional groups attached to an aromatic ring is 1. The zero-order valence-corrected chi connectivity index (χ0v) is 18.0. The van der Waals surface area contributed by atoms with Crippen LogP contribution in [0.25, 0.3) is 0 Å². The maximum Gasteiger partial charge on any atom is 0.407 e. The zero-order valence-electron chi connectivity index (χ0n) is 17.2. The second-order valence-electron chi connectivity index (χ2n) is 7.39. The first-order valence-electron chi connectivity index (χ1n) is 9.60. The number of nitriles is 1. The number of benzene rings is 1. The van der Waals surface area contributed by atoms with Gasteiger partial charge >= 0.3 is 6.09 Å². The van der Waals surface area contributed by atoms with Crippen LogP contribution in [0, 0.1) is 11.3 Å². The van der Waals surface area contributed by atoms with Crippen LogP contribution < -0.4 is 16.4 Å². The number of hydrogen-bond acceptors (Lipinski definition) is 8. The molecule has 1 aromatic carbocycles. The van der Waals surface area contributed by atoms with Gasteiger partial charge in [-0.3, -0.25) is 4.79 Å². The molecule has 0 radical (unpaired) electrons. The lowest BCUT2D eigenvalue weighted by atomic mass is 10.1. The summed E-state index contributed by atoms with van der Waals surface area (Å²) in [5, 5.41) is 24.2. The molecule has 3 rings (SSSR count). The first kappa shape index (κ1) is 22.8. The Morgan fingerprint density at radius 2 is 2.03 bits per heavy atom. The van der Waals surface area contributed by atoms with Gasteiger partial charge in [0.15, 0.2) is 9.84 Å². The van der Waals surface area contributed by atoms with E-state index in [0.29, 0.717) is 18.5 Å². The van der Waals surface area contributed by atoms with Crippen molar-refractivity contribution in [2.45, 2.75) is 23.9 Å². The number of carbonyl (C=O) groups excluding carboxylic acids is 1. The van der Waals surface area contributed by atoms with Crippen molar-refractivity contribution in [3.8, 4) is 6.07 Å². The summed E-state index contributed by atoms with van der Waals surface area (Å²) in [6.45, 7) is 0.702. The van der Waals surface area contributed by atoms with Crippen molar-refractivity contribution in [3.05, 3.63) is 47.2 Å². The summed E-state index contributed by atoms with van der Waals surface area (Å²) in [5.41, 5.74) is 6.76.